The molecule has 0 radical (unpaired) electrons. The van der Waals surface area contributed by atoms with E-state index >= 15 is 0 Å². The highest BCUT2D eigenvalue weighted by Crippen LogP contribution is 2.23. The third-order valence-corrected chi connectivity index (χ3v) is 3.86. The van der Waals surface area contributed by atoms with Gasteiger partial charge in [0.05, 0.1) is 13.1 Å². The molecule has 20 heavy (non-hydrogen) atoms. The van der Waals surface area contributed by atoms with Gasteiger partial charge >= 0.3 is 0 Å². The first kappa shape index (κ1) is 14.7. The van der Waals surface area contributed by atoms with Crippen molar-refractivity contribution in [1.29, 1.82) is 0 Å². The molecule has 4 nitrogen and oxygen atoms in total. The topological polar surface area (TPSA) is 63.4 Å². The van der Waals surface area contributed by atoms with Crippen LogP contribution in [0.2, 0.25) is 0 Å². The van der Waals surface area contributed by atoms with Crippen LogP contribution in [0, 0.1) is 0 Å². The van der Waals surface area contributed by atoms with E-state index in [-0.39, 0.29) is 24.9 Å². The number of nitrogens with two attached hydrogens (primary N) is 1. The lowest BCUT2D eigenvalue weighted by molar-refractivity contribution is -0.119. The minimum absolute atomic E-state index is 0.0506. The molecule has 0 saturated carbocycles. The molecule has 0 aliphatic heterocycles. The van der Waals surface area contributed by atoms with Crippen LogP contribution in [-0.4, -0.2) is 35.7 Å². The van der Waals surface area contributed by atoms with Crippen molar-refractivity contribution >= 4 is 11.7 Å². The first-order chi connectivity index (χ1) is 9.47. The smallest absolute Gasteiger partial charge is 0.231 e. The summed E-state index contributed by atoms with van der Waals surface area (Å²) >= 11 is 0. The number of primary amides is 1. The van der Waals surface area contributed by atoms with E-state index in [2.05, 4.69) is 6.07 Å². The van der Waals surface area contributed by atoms with E-state index in [1.54, 1.807) is 4.90 Å². The van der Waals surface area contributed by atoms with E-state index in [0.29, 0.717) is 0 Å². The van der Waals surface area contributed by atoms with Crippen LogP contribution in [0.4, 0.5) is 0 Å². The Morgan fingerprint density at radius 3 is 2.55 bits per heavy atom. The zero-order chi connectivity index (χ0) is 14.7. The van der Waals surface area contributed by atoms with Gasteiger partial charge in [0, 0.05) is 11.6 Å². The lowest BCUT2D eigenvalue weighted by atomic mass is 10.0. The van der Waals surface area contributed by atoms with Gasteiger partial charge in [-0.3, -0.25) is 14.5 Å². The molecule has 0 bridgehead atoms. The van der Waals surface area contributed by atoms with E-state index in [0.717, 1.165) is 18.4 Å². The van der Waals surface area contributed by atoms with Crippen molar-refractivity contribution in [3.8, 4) is 0 Å². The van der Waals surface area contributed by atoms with E-state index in [1.807, 2.05) is 26.0 Å². The minimum Gasteiger partial charge on any atom is -0.369 e. The Morgan fingerprint density at radius 2 is 1.90 bits per heavy atom. The summed E-state index contributed by atoms with van der Waals surface area (Å²) in [6.45, 7) is 4.27. The van der Waals surface area contributed by atoms with Gasteiger partial charge < -0.3 is 5.73 Å². The van der Waals surface area contributed by atoms with Crippen LogP contribution in [0.15, 0.2) is 18.2 Å². The van der Waals surface area contributed by atoms with Gasteiger partial charge in [-0.1, -0.05) is 12.1 Å². The predicted octanol–water partition coefficient (Wildman–Crippen LogP) is 1.55. The van der Waals surface area contributed by atoms with Gasteiger partial charge in [0.15, 0.2) is 5.78 Å². The summed E-state index contributed by atoms with van der Waals surface area (Å²) < 4.78 is 0. The summed E-state index contributed by atoms with van der Waals surface area (Å²) in [5, 5.41) is 0. The van der Waals surface area contributed by atoms with Crippen LogP contribution in [0.3, 0.4) is 0 Å². The first-order valence-electron chi connectivity index (χ1n) is 7.14. The number of Topliss-reactive ketones (excluding diaryl/α,β-unsaturated/α-hetero) is 1. The second kappa shape index (κ2) is 6.18. The number of aryl methyl sites for hydroxylation is 2. The number of benzene rings is 1. The van der Waals surface area contributed by atoms with Crippen LogP contribution in [-0.2, 0) is 17.6 Å². The fraction of sp³-hybridized carbons (Fsp3) is 0.500. The maximum atomic E-state index is 12.3. The Morgan fingerprint density at radius 1 is 1.20 bits per heavy atom. The third-order valence-electron chi connectivity index (χ3n) is 3.86. The lowest BCUT2D eigenvalue weighted by Gasteiger charge is -2.24. The van der Waals surface area contributed by atoms with Crippen molar-refractivity contribution in [3.63, 3.8) is 0 Å². The molecule has 2 N–H and O–H groups in total. The van der Waals surface area contributed by atoms with Gasteiger partial charge in [-0.2, -0.15) is 0 Å². The fourth-order valence-electron chi connectivity index (χ4n) is 2.64. The molecule has 0 fully saturated rings. The Bertz CT molecular complexity index is 523. The number of amides is 1. The highest BCUT2D eigenvalue weighted by Gasteiger charge is 2.19. The zero-order valence-corrected chi connectivity index (χ0v) is 12.2. The number of carbonyl (C=O) groups is 2. The molecule has 1 amide bonds. The number of nitrogens with zero attached hydrogens (tertiary/aromatic N) is 1. The molecular weight excluding hydrogens is 252 g/mol. The van der Waals surface area contributed by atoms with Gasteiger partial charge in [0.2, 0.25) is 5.91 Å². The molecule has 108 valence electrons. The SMILES string of the molecule is CC(C)N(CC(N)=O)CC(=O)c1ccc2c(c1)CCC2. The Kier molecular flexibility index (Phi) is 4.55. The molecule has 1 aliphatic carbocycles. The van der Waals surface area contributed by atoms with Gasteiger partial charge in [-0.15, -0.1) is 0 Å². The lowest BCUT2D eigenvalue weighted by Crippen LogP contribution is -2.41. The van der Waals surface area contributed by atoms with Gasteiger partial charge in [0.1, 0.15) is 0 Å². The van der Waals surface area contributed by atoms with Crippen molar-refractivity contribution in [2.45, 2.75) is 39.2 Å². The number of hydrogen-bond acceptors (Lipinski definition) is 3. The second-order valence-electron chi connectivity index (χ2n) is 5.73. The third kappa shape index (κ3) is 3.45. The van der Waals surface area contributed by atoms with Crippen molar-refractivity contribution in [2.24, 2.45) is 5.73 Å². The number of ketones is 1. The Balaban J connectivity index is 2.08. The van der Waals surface area contributed by atoms with Gasteiger partial charge in [-0.05, 0) is 50.3 Å². The average molecular weight is 274 g/mol. The van der Waals surface area contributed by atoms with Crippen molar-refractivity contribution in [1.82, 2.24) is 4.90 Å². The molecule has 0 heterocycles. The van der Waals surface area contributed by atoms with Crippen molar-refractivity contribution in [3.05, 3.63) is 34.9 Å². The van der Waals surface area contributed by atoms with Crippen molar-refractivity contribution < 1.29 is 9.59 Å². The number of hydrogen-bond donors (Lipinski definition) is 1. The summed E-state index contributed by atoms with van der Waals surface area (Å²) in [7, 11) is 0. The van der Waals surface area contributed by atoms with Gasteiger partial charge in [0.25, 0.3) is 0 Å². The monoisotopic (exact) mass is 274 g/mol. The largest absolute Gasteiger partial charge is 0.369 e. The zero-order valence-electron chi connectivity index (χ0n) is 12.2. The Hall–Kier alpha value is -1.68. The fourth-order valence-corrected chi connectivity index (χ4v) is 2.64. The van der Waals surface area contributed by atoms with E-state index in [9.17, 15) is 9.59 Å². The maximum Gasteiger partial charge on any atom is 0.231 e. The van der Waals surface area contributed by atoms with Crippen LogP contribution < -0.4 is 5.73 Å². The molecule has 0 aromatic heterocycles. The highest BCUT2D eigenvalue weighted by atomic mass is 16.1. The second-order valence-corrected chi connectivity index (χ2v) is 5.73. The molecule has 0 saturated heterocycles. The van der Waals surface area contributed by atoms with E-state index in [4.69, 9.17) is 5.73 Å². The standard InChI is InChI=1S/C16H22N2O2/c1-11(2)18(10-16(17)20)9-15(19)14-7-6-12-4-3-5-13(12)8-14/h6-8,11H,3-5,9-10H2,1-2H3,(H2,17,20). The van der Waals surface area contributed by atoms with E-state index in [1.165, 1.54) is 17.5 Å². The quantitative estimate of drug-likeness (QED) is 0.801. The number of rotatable bonds is 6. The maximum absolute atomic E-state index is 12.3. The molecule has 1 aromatic rings. The van der Waals surface area contributed by atoms with Crippen molar-refractivity contribution in [2.75, 3.05) is 13.1 Å². The van der Waals surface area contributed by atoms with Gasteiger partial charge in [-0.25, -0.2) is 0 Å². The van der Waals surface area contributed by atoms with Crippen LogP contribution >= 0.6 is 0 Å². The van der Waals surface area contributed by atoms with Crippen LogP contribution in [0.25, 0.3) is 0 Å². The summed E-state index contributed by atoms with van der Waals surface area (Å²) in [6, 6.07) is 6.08. The number of fused-ring (bicyclic) bond motifs is 1. The summed E-state index contributed by atoms with van der Waals surface area (Å²) in [5.41, 5.74) is 8.62. The molecule has 4 heteroatoms. The summed E-state index contributed by atoms with van der Waals surface area (Å²) in [6.07, 6.45) is 3.35. The first-order valence-corrected chi connectivity index (χ1v) is 7.14. The summed E-state index contributed by atoms with van der Waals surface area (Å²) in [5.74, 6) is -0.352. The molecular formula is C16H22N2O2. The Labute approximate surface area is 119 Å². The molecule has 2 rings (SSSR count). The predicted molar refractivity (Wildman–Crippen MR) is 78.7 cm³/mol. The van der Waals surface area contributed by atoms with Crippen LogP contribution in [0.1, 0.15) is 41.8 Å². The average Bonchev–Trinajstić information content (AvgIpc) is 2.84. The molecule has 0 spiro atoms. The molecule has 1 aromatic carbocycles. The molecule has 0 unspecified atom stereocenters. The van der Waals surface area contributed by atoms with E-state index < -0.39 is 5.91 Å². The molecule has 0 atom stereocenters. The minimum atomic E-state index is -0.402. The normalized spacial score (nSPS) is 13.8. The number of carbonyl (C=O) groups excluding carboxylic acids is 2. The van der Waals surface area contributed by atoms with Crippen LogP contribution in [0.5, 0.6) is 0 Å². The molecule has 1 aliphatic rings. The summed E-state index contributed by atoms with van der Waals surface area (Å²) in [4.78, 5) is 25.2. The highest BCUT2D eigenvalue weighted by molar-refractivity contribution is 5.98.